The van der Waals surface area contributed by atoms with Gasteiger partial charge in [0.05, 0.1) is 0 Å². The molecule has 0 aromatic rings. The van der Waals surface area contributed by atoms with Crippen molar-refractivity contribution in [2.75, 3.05) is 6.61 Å². The van der Waals surface area contributed by atoms with Gasteiger partial charge in [0.15, 0.2) is 0 Å². The number of hydrogen-bond acceptors (Lipinski definition) is 2. The first kappa shape index (κ1) is 13.5. The summed E-state index contributed by atoms with van der Waals surface area (Å²) in [7, 11) is 0. The van der Waals surface area contributed by atoms with Crippen LogP contribution in [0.25, 0.3) is 0 Å². The smallest absolute Gasteiger partial charge is 0.0433 e. The first-order valence-electron chi connectivity index (χ1n) is 4.41. The van der Waals surface area contributed by atoms with Crippen LogP contribution in [0.1, 0.15) is 42.0 Å². The van der Waals surface area contributed by atoms with Gasteiger partial charge in [-0.05, 0) is 18.4 Å². The molecule has 0 heterocycles. The molecule has 0 aromatic heterocycles. The molecule has 0 amide bonds. The summed E-state index contributed by atoms with van der Waals surface area (Å²) in [6.07, 6.45) is 2.14. The van der Waals surface area contributed by atoms with Crippen molar-refractivity contribution in [2.45, 2.75) is 46.6 Å². The van der Waals surface area contributed by atoms with E-state index in [0.29, 0.717) is 18.6 Å². The van der Waals surface area contributed by atoms with E-state index in [4.69, 9.17) is 10.8 Å². The first-order chi connectivity index (χ1) is 5.04. The molecular weight excluding hydrogens is 138 g/mol. The third-order valence-corrected chi connectivity index (χ3v) is 1.32. The van der Waals surface area contributed by atoms with Crippen molar-refractivity contribution in [3.05, 3.63) is 0 Å². The van der Waals surface area contributed by atoms with Crippen LogP contribution < -0.4 is 5.73 Å². The van der Waals surface area contributed by atoms with Crippen LogP contribution in [-0.4, -0.2) is 17.8 Å². The molecule has 2 heteroatoms. The average Bonchev–Trinajstić information content (AvgIpc) is 1.87. The number of aliphatic hydroxyl groups is 1. The molecule has 0 radical (unpaired) electrons. The molecule has 0 saturated heterocycles. The molecular formula is C9H25NO. The normalized spacial score (nSPS) is 12.3. The third kappa shape index (κ3) is 25.7. The first-order valence-corrected chi connectivity index (χ1v) is 4.41. The van der Waals surface area contributed by atoms with Gasteiger partial charge in [0.1, 0.15) is 0 Å². The van der Waals surface area contributed by atoms with Gasteiger partial charge in [-0.3, -0.25) is 0 Å². The Hall–Kier alpha value is -0.0800. The summed E-state index contributed by atoms with van der Waals surface area (Å²) in [6, 6.07) is 0.333. The molecule has 0 fully saturated rings. The Kier molecular flexibility index (Phi) is 12.2. The van der Waals surface area contributed by atoms with Gasteiger partial charge >= 0.3 is 0 Å². The molecule has 0 bridgehead atoms. The van der Waals surface area contributed by atoms with Gasteiger partial charge in [0, 0.05) is 8.03 Å². The average molecular weight is 163 g/mol. The van der Waals surface area contributed by atoms with Gasteiger partial charge in [-0.15, -0.1) is 0 Å². The predicted molar refractivity (Wildman–Crippen MR) is 52.6 cm³/mol. The van der Waals surface area contributed by atoms with Gasteiger partial charge < -0.3 is 10.8 Å². The lowest BCUT2D eigenvalue weighted by Crippen LogP contribution is -2.06. The topological polar surface area (TPSA) is 46.2 Å². The van der Waals surface area contributed by atoms with Gasteiger partial charge in [-0.25, -0.2) is 0 Å². The molecule has 0 aliphatic heterocycles. The summed E-state index contributed by atoms with van der Waals surface area (Å²) in [4.78, 5) is 0. The Balaban J connectivity index is -0.000000142. The molecule has 0 aliphatic carbocycles. The molecule has 0 aromatic carbocycles. The zero-order valence-corrected chi connectivity index (χ0v) is 8.30. The fourth-order valence-corrected chi connectivity index (χ4v) is 0.425. The van der Waals surface area contributed by atoms with E-state index in [-0.39, 0.29) is 1.43 Å². The van der Waals surface area contributed by atoms with Crippen molar-refractivity contribution in [1.82, 2.24) is 0 Å². The highest BCUT2D eigenvalue weighted by Crippen LogP contribution is 2.03. The lowest BCUT2D eigenvalue weighted by atomic mass is 10.1. The molecule has 2 nitrogen and oxygen atoms in total. The van der Waals surface area contributed by atoms with Crippen LogP contribution in [0.2, 0.25) is 0 Å². The van der Waals surface area contributed by atoms with Crippen molar-refractivity contribution in [3.8, 4) is 0 Å². The minimum atomic E-state index is 0. The Morgan fingerprint density at radius 1 is 1.36 bits per heavy atom. The zero-order valence-electron chi connectivity index (χ0n) is 8.30. The minimum absolute atomic E-state index is 0. The predicted octanol–water partition coefficient (Wildman–Crippen LogP) is 2.01. The van der Waals surface area contributed by atoms with Crippen LogP contribution in [-0.2, 0) is 0 Å². The quantitative estimate of drug-likeness (QED) is 0.668. The number of nitrogens with two attached hydrogens (primary N) is 1. The molecule has 1 unspecified atom stereocenters. The maximum absolute atomic E-state index is 8.37. The Labute approximate surface area is 72.3 Å². The van der Waals surface area contributed by atoms with E-state index in [1.807, 2.05) is 13.8 Å². The number of rotatable bonds is 3. The summed E-state index contributed by atoms with van der Waals surface area (Å²) >= 11 is 0. The Morgan fingerprint density at radius 3 is 1.82 bits per heavy atom. The SMILES string of the molecule is CC(C)N.CCC(C)CCO.[HH]. The number of hydrogen-bond donors (Lipinski definition) is 2. The summed E-state index contributed by atoms with van der Waals surface area (Å²) < 4.78 is 0. The van der Waals surface area contributed by atoms with Crippen molar-refractivity contribution in [2.24, 2.45) is 11.7 Å². The highest BCUT2D eigenvalue weighted by atomic mass is 16.2. The van der Waals surface area contributed by atoms with E-state index >= 15 is 0 Å². The molecule has 0 aliphatic rings. The number of aliphatic hydroxyl groups excluding tert-OH is 1. The van der Waals surface area contributed by atoms with Gasteiger partial charge in [0.25, 0.3) is 0 Å². The largest absolute Gasteiger partial charge is 0.396 e. The van der Waals surface area contributed by atoms with Crippen LogP contribution in [0.5, 0.6) is 0 Å². The second-order valence-corrected chi connectivity index (χ2v) is 3.27. The van der Waals surface area contributed by atoms with Gasteiger partial charge in [-0.1, -0.05) is 34.1 Å². The van der Waals surface area contributed by atoms with E-state index in [0.717, 1.165) is 6.42 Å². The van der Waals surface area contributed by atoms with Crippen LogP contribution in [0.15, 0.2) is 0 Å². The van der Waals surface area contributed by atoms with Crippen molar-refractivity contribution in [3.63, 3.8) is 0 Å². The fourth-order valence-electron chi connectivity index (χ4n) is 0.425. The van der Waals surface area contributed by atoms with E-state index in [9.17, 15) is 0 Å². The molecule has 0 saturated carbocycles. The molecule has 11 heavy (non-hydrogen) atoms. The zero-order chi connectivity index (χ0) is 9.28. The van der Waals surface area contributed by atoms with Crippen LogP contribution in [0.4, 0.5) is 0 Å². The highest BCUT2D eigenvalue weighted by Gasteiger charge is 1.93. The lowest BCUT2D eigenvalue weighted by Gasteiger charge is -2.01. The lowest BCUT2D eigenvalue weighted by molar-refractivity contribution is 0.260. The maximum atomic E-state index is 8.37. The standard InChI is InChI=1S/C6H14O.C3H9N.H2/c1-3-6(2)4-5-7;1-3(2)4;/h6-7H,3-5H2,1-2H3;3H,4H2,1-2H3;1H. The van der Waals surface area contributed by atoms with Gasteiger partial charge in [-0.2, -0.15) is 0 Å². The van der Waals surface area contributed by atoms with Crippen molar-refractivity contribution < 1.29 is 6.53 Å². The van der Waals surface area contributed by atoms with Crippen LogP contribution >= 0.6 is 0 Å². The summed E-state index contributed by atoms with van der Waals surface area (Å²) in [5.41, 5.74) is 5.11. The Bertz CT molecular complexity index is 66.8. The minimum Gasteiger partial charge on any atom is -0.396 e. The second-order valence-electron chi connectivity index (χ2n) is 3.27. The highest BCUT2D eigenvalue weighted by molar-refractivity contribution is 4.45. The van der Waals surface area contributed by atoms with E-state index in [2.05, 4.69) is 13.8 Å². The Morgan fingerprint density at radius 2 is 1.73 bits per heavy atom. The van der Waals surface area contributed by atoms with E-state index in [1.54, 1.807) is 0 Å². The summed E-state index contributed by atoms with van der Waals surface area (Å²) in [5, 5.41) is 8.37. The summed E-state index contributed by atoms with van der Waals surface area (Å²) in [5.74, 6) is 0.699. The second kappa shape index (κ2) is 9.92. The van der Waals surface area contributed by atoms with E-state index < -0.39 is 0 Å². The molecule has 0 rings (SSSR count). The monoisotopic (exact) mass is 163 g/mol. The van der Waals surface area contributed by atoms with Crippen molar-refractivity contribution >= 4 is 0 Å². The maximum Gasteiger partial charge on any atom is 0.0433 e. The fraction of sp³-hybridized carbons (Fsp3) is 1.00. The molecule has 3 N–H and O–H groups in total. The third-order valence-electron chi connectivity index (χ3n) is 1.32. The van der Waals surface area contributed by atoms with E-state index in [1.165, 1.54) is 6.42 Å². The van der Waals surface area contributed by atoms with Crippen LogP contribution in [0, 0.1) is 5.92 Å². The van der Waals surface area contributed by atoms with Crippen LogP contribution in [0.3, 0.4) is 0 Å². The summed E-state index contributed by atoms with van der Waals surface area (Å²) in [6.45, 7) is 8.52. The van der Waals surface area contributed by atoms with Gasteiger partial charge in [0.2, 0.25) is 0 Å². The molecule has 0 spiro atoms. The van der Waals surface area contributed by atoms with Crippen molar-refractivity contribution in [1.29, 1.82) is 0 Å². The molecule has 1 atom stereocenters. The molecule has 72 valence electrons.